The molecule has 0 amide bonds. The van der Waals surface area contributed by atoms with Crippen molar-refractivity contribution in [1.82, 2.24) is 4.98 Å². The highest BCUT2D eigenvalue weighted by Crippen LogP contribution is 2.50. The molecule has 6 nitrogen and oxygen atoms in total. The van der Waals surface area contributed by atoms with Crippen LogP contribution in [0.15, 0.2) is 24.5 Å². The van der Waals surface area contributed by atoms with Crippen LogP contribution in [0.1, 0.15) is 56.9 Å². The summed E-state index contributed by atoms with van der Waals surface area (Å²) < 4.78 is 18.6. The summed E-state index contributed by atoms with van der Waals surface area (Å²) in [5, 5.41) is 13.7. The smallest absolute Gasteiger partial charge is 0.395 e. The minimum Gasteiger partial charge on any atom is -0.507 e. The summed E-state index contributed by atoms with van der Waals surface area (Å²) in [5.41, 5.74) is 3.31. The van der Waals surface area contributed by atoms with Gasteiger partial charge in [-0.05, 0) is 42.9 Å². The molecular weight excluding hydrogens is 375 g/mol. The lowest BCUT2D eigenvalue weighted by Crippen LogP contribution is -2.18. The summed E-state index contributed by atoms with van der Waals surface area (Å²) >= 11 is 0. The Labute approximate surface area is 167 Å². The Morgan fingerprint density at radius 1 is 1.21 bits per heavy atom. The summed E-state index contributed by atoms with van der Waals surface area (Å²) in [6.45, 7) is 11.8. The minimum atomic E-state index is -3.99. The SMILES string of the molecule is CCc1c(C)c(O)c(C(C)(C)C)c(CC)c1OP(=O)(O)CNc1cccnc1. The van der Waals surface area contributed by atoms with Gasteiger partial charge in [-0.1, -0.05) is 34.6 Å². The first-order chi connectivity index (χ1) is 13.0. The number of aromatic hydroxyl groups is 1. The topological polar surface area (TPSA) is 91.7 Å². The van der Waals surface area contributed by atoms with Gasteiger partial charge in [-0.15, -0.1) is 0 Å². The molecule has 0 aliphatic carbocycles. The van der Waals surface area contributed by atoms with Gasteiger partial charge in [-0.2, -0.15) is 0 Å². The van der Waals surface area contributed by atoms with Gasteiger partial charge in [0.2, 0.25) is 0 Å². The summed E-state index contributed by atoms with van der Waals surface area (Å²) in [6.07, 6.45) is 4.14. The lowest BCUT2D eigenvalue weighted by Gasteiger charge is -2.29. The first-order valence-corrected chi connectivity index (χ1v) is 11.3. The van der Waals surface area contributed by atoms with Gasteiger partial charge < -0.3 is 19.8 Å². The van der Waals surface area contributed by atoms with E-state index < -0.39 is 7.60 Å². The van der Waals surface area contributed by atoms with Crippen molar-refractivity contribution < 1.29 is 19.1 Å². The van der Waals surface area contributed by atoms with Crippen LogP contribution >= 0.6 is 7.60 Å². The summed E-state index contributed by atoms with van der Waals surface area (Å²) in [6, 6.07) is 3.51. The number of phenolic OH excluding ortho intramolecular Hbond substituents is 1. The minimum absolute atomic E-state index is 0.240. The zero-order valence-electron chi connectivity index (χ0n) is 17.5. The molecule has 2 rings (SSSR count). The molecule has 28 heavy (non-hydrogen) atoms. The summed E-state index contributed by atoms with van der Waals surface area (Å²) in [7, 11) is -3.99. The molecule has 1 unspecified atom stereocenters. The van der Waals surface area contributed by atoms with Crippen LogP contribution in [-0.2, 0) is 22.8 Å². The van der Waals surface area contributed by atoms with Crippen molar-refractivity contribution in [2.24, 2.45) is 0 Å². The third-order valence-electron chi connectivity index (χ3n) is 4.73. The third kappa shape index (κ3) is 4.86. The number of phenols is 1. The van der Waals surface area contributed by atoms with Crippen LogP contribution in [0.5, 0.6) is 11.5 Å². The number of hydrogen-bond acceptors (Lipinski definition) is 5. The number of anilines is 1. The number of aromatic nitrogens is 1. The molecule has 154 valence electrons. The quantitative estimate of drug-likeness (QED) is 0.551. The molecule has 1 aromatic heterocycles. The van der Waals surface area contributed by atoms with Crippen molar-refractivity contribution in [3.8, 4) is 11.5 Å². The van der Waals surface area contributed by atoms with E-state index in [-0.39, 0.29) is 17.5 Å². The molecule has 0 spiro atoms. The highest BCUT2D eigenvalue weighted by atomic mass is 31.2. The monoisotopic (exact) mass is 406 g/mol. The molecule has 1 atom stereocenters. The Kier molecular flexibility index (Phi) is 6.79. The van der Waals surface area contributed by atoms with Crippen molar-refractivity contribution in [1.29, 1.82) is 0 Å². The molecule has 7 heteroatoms. The number of nitrogens with one attached hydrogen (secondary N) is 1. The zero-order chi connectivity index (χ0) is 21.1. The first kappa shape index (κ1) is 22.3. The van der Waals surface area contributed by atoms with E-state index in [9.17, 15) is 14.6 Å². The van der Waals surface area contributed by atoms with Gasteiger partial charge in [0.25, 0.3) is 0 Å². The van der Waals surface area contributed by atoms with Crippen LogP contribution in [0.3, 0.4) is 0 Å². The van der Waals surface area contributed by atoms with Crippen LogP contribution in [0.4, 0.5) is 5.69 Å². The van der Waals surface area contributed by atoms with E-state index in [1.807, 2.05) is 41.5 Å². The van der Waals surface area contributed by atoms with Crippen LogP contribution in [0, 0.1) is 6.92 Å². The Morgan fingerprint density at radius 2 is 1.86 bits per heavy atom. The third-order valence-corrected chi connectivity index (χ3v) is 5.76. The van der Waals surface area contributed by atoms with Crippen LogP contribution in [-0.4, -0.2) is 21.3 Å². The Morgan fingerprint density at radius 3 is 2.36 bits per heavy atom. The maximum absolute atomic E-state index is 12.8. The normalized spacial score (nSPS) is 13.8. The van der Waals surface area contributed by atoms with Crippen LogP contribution in [0.2, 0.25) is 0 Å². The highest BCUT2D eigenvalue weighted by molar-refractivity contribution is 7.53. The van der Waals surface area contributed by atoms with E-state index >= 15 is 0 Å². The fraction of sp³-hybridized carbons (Fsp3) is 0.476. The standard InChI is InChI=1S/C21H31N2O4P/c1-7-16-14(3)19(24)18(21(4,5)6)17(8-2)20(16)27-28(25,26)13-23-15-10-9-11-22-12-15/h9-12,23-24H,7-8,13H2,1-6H3,(H,25,26). The average Bonchev–Trinajstić information content (AvgIpc) is 2.62. The maximum atomic E-state index is 12.8. The number of nitrogens with zero attached hydrogens (tertiary/aromatic N) is 1. The lowest BCUT2D eigenvalue weighted by atomic mass is 9.79. The number of rotatable bonds is 7. The fourth-order valence-corrected chi connectivity index (χ4v) is 4.41. The number of pyridine rings is 1. The molecule has 3 N–H and O–H groups in total. The van der Waals surface area contributed by atoms with Crippen molar-refractivity contribution in [2.45, 2.75) is 59.8 Å². The van der Waals surface area contributed by atoms with E-state index in [2.05, 4.69) is 10.3 Å². The number of hydrogen-bond donors (Lipinski definition) is 3. The molecule has 0 saturated carbocycles. The van der Waals surface area contributed by atoms with Gasteiger partial charge in [0.15, 0.2) is 0 Å². The average molecular weight is 406 g/mol. The first-order valence-electron chi connectivity index (χ1n) is 9.54. The second kappa shape index (κ2) is 8.54. The van der Waals surface area contributed by atoms with Gasteiger partial charge in [-0.3, -0.25) is 4.98 Å². The van der Waals surface area contributed by atoms with E-state index in [0.29, 0.717) is 29.8 Å². The second-order valence-corrected chi connectivity index (χ2v) is 9.67. The maximum Gasteiger partial charge on any atom is 0.395 e. The Balaban J connectivity index is 2.48. The molecule has 0 aliphatic heterocycles. The van der Waals surface area contributed by atoms with Crippen molar-refractivity contribution in [2.75, 3.05) is 11.6 Å². The molecule has 0 bridgehead atoms. The molecular formula is C21H31N2O4P. The summed E-state index contributed by atoms with van der Waals surface area (Å²) in [4.78, 5) is 14.5. The predicted molar refractivity (Wildman–Crippen MR) is 113 cm³/mol. The molecule has 2 aromatic rings. The van der Waals surface area contributed by atoms with Crippen molar-refractivity contribution in [3.63, 3.8) is 0 Å². The van der Waals surface area contributed by atoms with E-state index in [1.54, 1.807) is 24.5 Å². The van der Waals surface area contributed by atoms with Gasteiger partial charge in [0.1, 0.15) is 17.8 Å². The molecule has 0 fully saturated rings. The largest absolute Gasteiger partial charge is 0.507 e. The predicted octanol–water partition coefficient (Wildman–Crippen LogP) is 5.15. The lowest BCUT2D eigenvalue weighted by molar-refractivity contribution is 0.375. The Bertz CT molecular complexity index is 876. The fourth-order valence-electron chi connectivity index (χ4n) is 3.45. The van der Waals surface area contributed by atoms with Crippen LogP contribution < -0.4 is 9.84 Å². The van der Waals surface area contributed by atoms with E-state index in [4.69, 9.17) is 4.52 Å². The van der Waals surface area contributed by atoms with E-state index in [0.717, 1.165) is 16.7 Å². The van der Waals surface area contributed by atoms with E-state index in [1.165, 1.54) is 0 Å². The van der Waals surface area contributed by atoms with Gasteiger partial charge in [-0.25, -0.2) is 4.57 Å². The Hall–Kier alpha value is -2.04. The molecule has 1 aromatic carbocycles. The molecule has 0 saturated heterocycles. The molecule has 0 aliphatic rings. The second-order valence-electron chi connectivity index (χ2n) is 7.90. The van der Waals surface area contributed by atoms with Gasteiger partial charge in [0.05, 0.1) is 5.69 Å². The van der Waals surface area contributed by atoms with Crippen molar-refractivity contribution in [3.05, 3.63) is 46.8 Å². The van der Waals surface area contributed by atoms with Crippen molar-refractivity contribution >= 4 is 13.3 Å². The molecule has 1 heterocycles. The van der Waals surface area contributed by atoms with Crippen LogP contribution in [0.25, 0.3) is 0 Å². The highest BCUT2D eigenvalue weighted by Gasteiger charge is 2.31. The number of benzene rings is 1. The zero-order valence-corrected chi connectivity index (χ0v) is 18.4. The van der Waals surface area contributed by atoms with Gasteiger partial charge in [0, 0.05) is 29.1 Å². The van der Waals surface area contributed by atoms with Gasteiger partial charge >= 0.3 is 7.60 Å². The summed E-state index contributed by atoms with van der Waals surface area (Å²) in [5.74, 6) is 0.666. The molecule has 0 radical (unpaired) electrons.